The Morgan fingerprint density at radius 1 is 1.15 bits per heavy atom. The molecule has 1 aromatic carbocycles. The minimum Gasteiger partial charge on any atom is -0.402 e. The smallest absolute Gasteiger partial charge is 0.318 e. The van der Waals surface area contributed by atoms with Crippen LogP contribution < -0.4 is 9.80 Å². The number of hydrogen-bond donors (Lipinski definition) is 1. The van der Waals surface area contributed by atoms with Crippen LogP contribution >= 0.6 is 11.6 Å². The lowest BCUT2D eigenvalue weighted by molar-refractivity contribution is 0.542. The molecule has 2 atom stereocenters. The van der Waals surface area contributed by atoms with Gasteiger partial charge in [0.2, 0.25) is 5.95 Å². The number of benzene rings is 1. The number of halogens is 1. The van der Waals surface area contributed by atoms with E-state index < -0.39 is 0 Å². The first-order chi connectivity index (χ1) is 16.2. The molecule has 0 amide bonds. The average molecular weight is 464 g/mol. The summed E-state index contributed by atoms with van der Waals surface area (Å²) in [5.74, 6) is 2.61. The molecule has 6 rings (SSSR count). The molecule has 4 heterocycles. The first-order valence-electron chi connectivity index (χ1n) is 10.9. The van der Waals surface area contributed by atoms with Crippen LogP contribution in [0, 0.1) is 11.8 Å². The highest BCUT2D eigenvalue weighted by Gasteiger charge is 2.58. The molecule has 11 heteroatoms. The minimum atomic E-state index is 0.397. The van der Waals surface area contributed by atoms with E-state index in [1.54, 1.807) is 12.3 Å². The standard InChI is InChI=1S/C22H22ClN9O/c1-31(9-7-13-2-4-14(23)5-3-13)21-24-8-6-17(26-21)20-28-29-22(33-20)32-11-15-16(12-32)19(15)18-10-25-30-27-18/h2-6,8,10,15-16,19H,7,9,11-12H2,1H3,(H,25,27,30). The molecule has 4 aromatic rings. The second kappa shape index (κ2) is 8.11. The first kappa shape index (κ1) is 20.1. The van der Waals surface area contributed by atoms with Crippen LogP contribution in [-0.2, 0) is 6.42 Å². The predicted molar refractivity (Wildman–Crippen MR) is 122 cm³/mol. The molecule has 2 unspecified atom stereocenters. The van der Waals surface area contributed by atoms with Crippen molar-refractivity contribution >= 4 is 23.6 Å². The highest BCUT2D eigenvalue weighted by molar-refractivity contribution is 6.30. The van der Waals surface area contributed by atoms with Crippen LogP contribution in [-0.4, -0.2) is 62.3 Å². The van der Waals surface area contributed by atoms with Crippen LogP contribution in [0.15, 0.2) is 47.1 Å². The van der Waals surface area contributed by atoms with Gasteiger partial charge in [0, 0.05) is 43.8 Å². The number of piperidine rings is 1. The van der Waals surface area contributed by atoms with E-state index in [-0.39, 0.29) is 0 Å². The Morgan fingerprint density at radius 3 is 2.73 bits per heavy atom. The van der Waals surface area contributed by atoms with E-state index in [2.05, 4.69) is 40.5 Å². The molecule has 1 N–H and O–H groups in total. The lowest BCUT2D eigenvalue weighted by Crippen LogP contribution is -2.24. The van der Waals surface area contributed by atoms with Crippen molar-refractivity contribution in [2.24, 2.45) is 11.8 Å². The van der Waals surface area contributed by atoms with E-state index in [9.17, 15) is 0 Å². The monoisotopic (exact) mass is 463 g/mol. The zero-order valence-electron chi connectivity index (χ0n) is 18.0. The number of fused-ring (bicyclic) bond motifs is 1. The van der Waals surface area contributed by atoms with E-state index >= 15 is 0 Å². The molecule has 33 heavy (non-hydrogen) atoms. The molecule has 0 spiro atoms. The normalized spacial score (nSPS) is 21.3. The maximum absolute atomic E-state index is 5.97. The number of aromatic nitrogens is 7. The Hall–Kier alpha value is -3.53. The predicted octanol–water partition coefficient (Wildman–Crippen LogP) is 2.83. The first-order valence-corrected chi connectivity index (χ1v) is 11.3. The van der Waals surface area contributed by atoms with Crippen molar-refractivity contribution in [3.8, 4) is 11.6 Å². The van der Waals surface area contributed by atoms with Crippen LogP contribution in [0.4, 0.5) is 12.0 Å². The molecule has 1 aliphatic heterocycles. The topological polar surface area (TPSA) is 113 Å². The van der Waals surface area contributed by atoms with Crippen molar-refractivity contribution in [1.29, 1.82) is 0 Å². The van der Waals surface area contributed by atoms with Crippen molar-refractivity contribution in [2.45, 2.75) is 12.3 Å². The summed E-state index contributed by atoms with van der Waals surface area (Å²) in [5, 5.41) is 20.1. The lowest BCUT2D eigenvalue weighted by Gasteiger charge is -2.17. The molecule has 0 radical (unpaired) electrons. The van der Waals surface area contributed by atoms with Crippen LogP contribution in [0.1, 0.15) is 17.2 Å². The zero-order valence-corrected chi connectivity index (χ0v) is 18.7. The highest BCUT2D eigenvalue weighted by Crippen LogP contribution is 2.58. The third kappa shape index (κ3) is 3.91. The summed E-state index contributed by atoms with van der Waals surface area (Å²) in [6.07, 6.45) is 4.39. The molecule has 2 fully saturated rings. The average Bonchev–Trinajstić information content (AvgIpc) is 3.38. The van der Waals surface area contributed by atoms with Gasteiger partial charge in [-0.05, 0) is 42.0 Å². The molecular formula is C22H22ClN9O. The van der Waals surface area contributed by atoms with Crippen LogP contribution in [0.25, 0.3) is 11.6 Å². The van der Waals surface area contributed by atoms with E-state index in [1.807, 2.05) is 42.4 Å². The Morgan fingerprint density at radius 2 is 1.97 bits per heavy atom. The summed E-state index contributed by atoms with van der Waals surface area (Å²) >= 11 is 5.97. The van der Waals surface area contributed by atoms with Crippen molar-refractivity contribution < 1.29 is 4.42 Å². The fraction of sp³-hybridized carbons (Fsp3) is 0.364. The van der Waals surface area contributed by atoms with Gasteiger partial charge in [-0.15, -0.1) is 5.10 Å². The van der Waals surface area contributed by atoms with Gasteiger partial charge < -0.3 is 14.2 Å². The summed E-state index contributed by atoms with van der Waals surface area (Å²) in [5.41, 5.74) is 2.87. The number of anilines is 2. The number of aromatic amines is 1. The Labute approximate surface area is 195 Å². The number of H-pyrrole nitrogens is 1. The van der Waals surface area contributed by atoms with Gasteiger partial charge in [-0.2, -0.15) is 15.4 Å². The molecule has 10 nitrogen and oxygen atoms in total. The van der Waals surface area contributed by atoms with E-state index in [1.165, 1.54) is 5.56 Å². The second-order valence-corrected chi connectivity index (χ2v) is 9.02. The van der Waals surface area contributed by atoms with Gasteiger partial charge in [0.15, 0.2) is 0 Å². The van der Waals surface area contributed by atoms with Crippen molar-refractivity contribution in [3.63, 3.8) is 0 Å². The molecule has 1 aliphatic carbocycles. The SMILES string of the molecule is CN(CCc1ccc(Cl)cc1)c1nccc(-c2nnc(N3CC4C(C3)C4c3cn[nH]n3)o2)n1. The molecule has 1 saturated heterocycles. The number of nitrogens with zero attached hydrogens (tertiary/aromatic N) is 8. The van der Waals surface area contributed by atoms with E-state index in [0.717, 1.165) is 36.8 Å². The van der Waals surface area contributed by atoms with Gasteiger partial charge in [0.25, 0.3) is 5.89 Å². The second-order valence-electron chi connectivity index (χ2n) is 8.58. The van der Waals surface area contributed by atoms with E-state index in [0.29, 0.717) is 41.3 Å². The number of likely N-dealkylation sites (N-methyl/N-ethyl adjacent to an activating group) is 1. The maximum Gasteiger partial charge on any atom is 0.318 e. The van der Waals surface area contributed by atoms with Crippen LogP contribution in [0.2, 0.25) is 5.02 Å². The largest absolute Gasteiger partial charge is 0.402 e. The number of rotatable bonds is 7. The van der Waals surface area contributed by atoms with Gasteiger partial charge in [-0.3, -0.25) is 0 Å². The summed E-state index contributed by atoms with van der Waals surface area (Å²) in [4.78, 5) is 13.2. The van der Waals surface area contributed by atoms with Gasteiger partial charge in [-0.25, -0.2) is 9.97 Å². The van der Waals surface area contributed by atoms with Crippen molar-refractivity contribution in [2.75, 3.05) is 36.5 Å². The Kier molecular flexibility index (Phi) is 4.94. The van der Waals surface area contributed by atoms with Gasteiger partial charge >= 0.3 is 6.01 Å². The number of nitrogens with one attached hydrogen (secondary N) is 1. The van der Waals surface area contributed by atoms with Crippen LogP contribution in [0.3, 0.4) is 0 Å². The molecule has 1 saturated carbocycles. The third-order valence-corrected chi connectivity index (χ3v) is 6.76. The molecule has 0 bridgehead atoms. The maximum atomic E-state index is 5.97. The van der Waals surface area contributed by atoms with Crippen molar-refractivity contribution in [3.05, 3.63) is 59.0 Å². The minimum absolute atomic E-state index is 0.397. The third-order valence-electron chi connectivity index (χ3n) is 6.51. The summed E-state index contributed by atoms with van der Waals surface area (Å²) in [6, 6.07) is 10.2. The molecule has 168 valence electrons. The fourth-order valence-corrected chi connectivity index (χ4v) is 4.76. The van der Waals surface area contributed by atoms with Gasteiger partial charge in [0.05, 0.1) is 11.9 Å². The van der Waals surface area contributed by atoms with Crippen LogP contribution in [0.5, 0.6) is 0 Å². The quantitative estimate of drug-likeness (QED) is 0.442. The van der Waals surface area contributed by atoms with E-state index in [4.69, 9.17) is 16.0 Å². The summed E-state index contributed by atoms with van der Waals surface area (Å²) in [6.45, 7) is 2.53. The summed E-state index contributed by atoms with van der Waals surface area (Å²) < 4.78 is 5.97. The highest BCUT2D eigenvalue weighted by atomic mass is 35.5. The van der Waals surface area contributed by atoms with Crippen molar-refractivity contribution in [1.82, 2.24) is 35.6 Å². The molecule has 2 aliphatic rings. The Balaban J connectivity index is 1.10. The summed E-state index contributed by atoms with van der Waals surface area (Å²) in [7, 11) is 1.97. The molecular weight excluding hydrogens is 442 g/mol. The van der Waals surface area contributed by atoms with Gasteiger partial charge in [0.1, 0.15) is 5.69 Å². The lowest BCUT2D eigenvalue weighted by atomic mass is 10.1. The number of hydrogen-bond acceptors (Lipinski definition) is 9. The Bertz CT molecular complexity index is 1230. The van der Waals surface area contributed by atoms with Gasteiger partial charge in [-0.1, -0.05) is 28.8 Å². The molecule has 3 aromatic heterocycles. The zero-order chi connectivity index (χ0) is 22.4. The fourth-order valence-electron chi connectivity index (χ4n) is 4.64.